The summed E-state index contributed by atoms with van der Waals surface area (Å²) in [5.74, 6) is 0. The van der Waals surface area contributed by atoms with Crippen LogP contribution in [0.3, 0.4) is 0 Å². The van der Waals surface area contributed by atoms with Crippen LogP contribution in [0.2, 0.25) is 0 Å². The van der Waals surface area contributed by atoms with Gasteiger partial charge >= 0.3 is 0 Å². The van der Waals surface area contributed by atoms with Gasteiger partial charge in [0, 0.05) is 0 Å². The first-order valence-corrected chi connectivity index (χ1v) is 10.3. The molecule has 156 valence electrons. The van der Waals surface area contributed by atoms with Crippen molar-refractivity contribution in [2.75, 3.05) is 6.61 Å². The fourth-order valence-corrected chi connectivity index (χ4v) is 1.15. The van der Waals surface area contributed by atoms with E-state index in [2.05, 4.69) is 64.2 Å². The van der Waals surface area contributed by atoms with Crippen molar-refractivity contribution in [3.05, 3.63) is 48.0 Å². The number of aliphatic hydroxyl groups excluding tert-OH is 1. The lowest BCUT2D eigenvalue weighted by atomic mass is 10.1. The predicted octanol–water partition coefficient (Wildman–Crippen LogP) is 7.17. The third kappa shape index (κ3) is 49.5. The number of benzene rings is 1. The number of carbonyl (C=O) groups is 1. The van der Waals surface area contributed by atoms with Gasteiger partial charge in [0.2, 0.25) is 0 Å². The molecule has 0 aliphatic carbocycles. The summed E-state index contributed by atoms with van der Waals surface area (Å²) in [5, 5.41) is 8.55. The van der Waals surface area contributed by atoms with Crippen LogP contribution in [0, 0.1) is 0 Å². The maximum absolute atomic E-state index is 8.04. The topological polar surface area (TPSA) is 37.3 Å². The second kappa shape index (κ2) is 39.1. The summed E-state index contributed by atoms with van der Waals surface area (Å²) in [7, 11) is 0. The van der Waals surface area contributed by atoms with Crippen LogP contribution in [0.1, 0.15) is 80.2 Å². The molecule has 0 heterocycles. The van der Waals surface area contributed by atoms with Crippen molar-refractivity contribution >= 4 is 19.4 Å². The third-order valence-electron chi connectivity index (χ3n) is 2.46. The maximum atomic E-state index is 8.04. The van der Waals surface area contributed by atoms with Crippen LogP contribution in [-0.4, -0.2) is 23.8 Å². The Hall–Kier alpha value is -1.06. The van der Waals surface area contributed by atoms with Gasteiger partial charge in [-0.05, 0) is 30.6 Å². The van der Waals surface area contributed by atoms with Crippen molar-refractivity contribution in [3.8, 4) is 0 Å². The molecule has 1 aromatic carbocycles. The number of rotatable bonds is 5. The van der Waals surface area contributed by atoms with Gasteiger partial charge in [-0.1, -0.05) is 104 Å². The molecule has 1 unspecified atom stereocenters. The van der Waals surface area contributed by atoms with Crippen LogP contribution in [0.25, 0.3) is 0 Å². The largest absolute Gasteiger partial charge is 0.392 e. The number of aryl methyl sites for hydroxylation is 1. The molecule has 3 heteroatoms. The Morgan fingerprint density at radius 1 is 1.04 bits per heavy atom. The highest BCUT2D eigenvalue weighted by Crippen LogP contribution is 2.07. The van der Waals surface area contributed by atoms with Gasteiger partial charge in [-0.25, -0.2) is 0 Å². The summed E-state index contributed by atoms with van der Waals surface area (Å²) in [6.07, 6.45) is 4.94. The summed E-state index contributed by atoms with van der Waals surface area (Å²) in [5.41, 5.74) is 2.22. The van der Waals surface area contributed by atoms with E-state index in [1.54, 1.807) is 6.92 Å². The van der Waals surface area contributed by atoms with Gasteiger partial charge in [0.05, 0.1) is 6.61 Å². The quantitative estimate of drug-likeness (QED) is 0.416. The molecule has 1 atom stereocenters. The summed E-state index contributed by atoms with van der Waals surface area (Å²) in [6, 6.07) is 10.5. The molecule has 1 N–H and O–H groups in total. The minimum atomic E-state index is 0.111. The maximum Gasteiger partial charge on any atom is 0.106 e. The second-order valence-electron chi connectivity index (χ2n) is 4.99. The summed E-state index contributed by atoms with van der Waals surface area (Å²) < 4.78 is 0. The summed E-state index contributed by atoms with van der Waals surface area (Å²) in [6.45, 7) is 21.8. The van der Waals surface area contributed by atoms with E-state index in [-0.39, 0.29) is 6.61 Å². The van der Waals surface area contributed by atoms with E-state index < -0.39 is 0 Å². The number of hydrogen-bond acceptors (Lipinski definition) is 3. The number of hydrogen-bond donors (Lipinski definition) is 2. The monoisotopic (exact) mass is 386 g/mol. The van der Waals surface area contributed by atoms with Crippen molar-refractivity contribution in [2.24, 2.45) is 0 Å². The highest BCUT2D eigenvalue weighted by Gasteiger charge is 1.95. The van der Waals surface area contributed by atoms with Crippen molar-refractivity contribution in [2.45, 2.75) is 86.3 Å². The van der Waals surface area contributed by atoms with Gasteiger partial charge in [0.1, 0.15) is 6.79 Å². The molecule has 1 aromatic rings. The van der Waals surface area contributed by atoms with Crippen LogP contribution >= 0.6 is 12.6 Å². The zero-order valence-corrected chi connectivity index (χ0v) is 19.6. The van der Waals surface area contributed by atoms with E-state index >= 15 is 0 Å². The minimum Gasteiger partial charge on any atom is -0.392 e. The highest BCUT2D eigenvalue weighted by atomic mass is 32.1. The zero-order chi connectivity index (χ0) is 21.8. The molecule has 0 aromatic heterocycles. The van der Waals surface area contributed by atoms with Crippen LogP contribution < -0.4 is 0 Å². The van der Waals surface area contributed by atoms with E-state index in [1.165, 1.54) is 18.4 Å². The van der Waals surface area contributed by atoms with Crippen molar-refractivity contribution < 1.29 is 9.90 Å². The highest BCUT2D eigenvalue weighted by molar-refractivity contribution is 7.80. The van der Waals surface area contributed by atoms with Crippen LogP contribution in [-0.2, 0) is 11.2 Å². The lowest BCUT2D eigenvalue weighted by Gasteiger charge is -2.02. The Balaban J connectivity index is -0.0000000830. The Labute approximate surface area is 170 Å². The molecule has 1 rings (SSSR count). The molecule has 0 bridgehead atoms. The third-order valence-corrected chi connectivity index (χ3v) is 2.72. The Morgan fingerprint density at radius 3 is 1.62 bits per heavy atom. The fourth-order valence-electron chi connectivity index (χ4n) is 1.02. The van der Waals surface area contributed by atoms with Crippen molar-refractivity contribution in [3.63, 3.8) is 0 Å². The van der Waals surface area contributed by atoms with Crippen molar-refractivity contribution in [1.29, 1.82) is 0 Å². The molecule has 0 aliphatic rings. The molecular weight excluding hydrogens is 340 g/mol. The zero-order valence-electron chi connectivity index (χ0n) is 18.7. The summed E-state index contributed by atoms with van der Waals surface area (Å²) >= 11 is 4.33. The van der Waals surface area contributed by atoms with Gasteiger partial charge in [-0.2, -0.15) is 12.6 Å². The molecule has 0 spiro atoms. The first kappa shape index (κ1) is 35.9. The van der Waals surface area contributed by atoms with Crippen molar-refractivity contribution in [1.82, 2.24) is 0 Å². The molecule has 2 nitrogen and oxygen atoms in total. The minimum absolute atomic E-state index is 0.111. The molecule has 0 amide bonds. The molecule has 26 heavy (non-hydrogen) atoms. The van der Waals surface area contributed by atoms with Crippen LogP contribution in [0.15, 0.2) is 42.5 Å². The molecule has 0 saturated heterocycles. The lowest BCUT2D eigenvalue weighted by Crippen LogP contribution is -1.93. The van der Waals surface area contributed by atoms with E-state index in [4.69, 9.17) is 9.90 Å². The first-order chi connectivity index (χ1) is 12.5. The van der Waals surface area contributed by atoms with E-state index in [0.717, 1.165) is 18.4 Å². The lowest BCUT2D eigenvalue weighted by molar-refractivity contribution is -0.0979. The summed E-state index contributed by atoms with van der Waals surface area (Å²) in [4.78, 5) is 8.00. The average Bonchev–Trinajstić information content (AvgIpc) is 2.72. The van der Waals surface area contributed by atoms with Crippen LogP contribution in [0.5, 0.6) is 0 Å². The van der Waals surface area contributed by atoms with Gasteiger partial charge in [0.25, 0.3) is 0 Å². The van der Waals surface area contributed by atoms with Gasteiger partial charge in [-0.15, -0.1) is 0 Å². The van der Waals surface area contributed by atoms with Gasteiger partial charge < -0.3 is 9.90 Å². The SMILES string of the molecule is C=C(C)CO.C=O.CC.CC.CC(S)CCc1ccccc1.CCCC. The smallest absolute Gasteiger partial charge is 0.106 e. The predicted molar refractivity (Wildman–Crippen MR) is 126 cm³/mol. The standard InChI is InChI=1S/C10H14S.C4H8O.C4H10.2C2H6.CH2O/c1-9(11)7-8-10-5-3-2-4-6-10;1-4(2)3-5;1-3-4-2;3*1-2/h2-6,9,11H,7-8H2,1H3;5H,1,3H2,2H3;3-4H2,1-2H3;2*1-2H3;1H2. The molecule has 0 aliphatic heterocycles. The van der Waals surface area contributed by atoms with E-state index in [9.17, 15) is 0 Å². The second-order valence-corrected chi connectivity index (χ2v) is 5.87. The number of carbonyl (C=O) groups excluding carboxylic acids is 1. The fraction of sp³-hybridized carbons (Fsp3) is 0.609. The van der Waals surface area contributed by atoms with Gasteiger partial charge in [-0.3, -0.25) is 0 Å². The number of unbranched alkanes of at least 4 members (excludes halogenated alkanes) is 1. The van der Waals surface area contributed by atoms with Gasteiger partial charge in [0.15, 0.2) is 0 Å². The Morgan fingerprint density at radius 2 is 1.38 bits per heavy atom. The first-order valence-electron chi connectivity index (χ1n) is 9.73. The molecule has 0 radical (unpaired) electrons. The number of aliphatic hydroxyl groups is 1. The molecule has 0 saturated carbocycles. The Bertz CT molecular complexity index is 322. The molecular formula is C23H46O2S. The molecule has 0 fully saturated rings. The average molecular weight is 387 g/mol. The van der Waals surface area contributed by atoms with E-state index in [0.29, 0.717) is 5.25 Å². The normalized spacial score (nSPS) is 8.69. The number of thiol groups is 1. The Kier molecular flexibility index (Phi) is 54.1. The van der Waals surface area contributed by atoms with E-state index in [1.807, 2.05) is 40.6 Å². The van der Waals surface area contributed by atoms with Crippen LogP contribution in [0.4, 0.5) is 0 Å².